The average molecular weight is 217 g/mol. The number of piperidine rings is 1. The summed E-state index contributed by atoms with van der Waals surface area (Å²) in [6.45, 7) is 2.26. The summed E-state index contributed by atoms with van der Waals surface area (Å²) >= 11 is 0. The van der Waals surface area contributed by atoms with Gasteiger partial charge in [0.05, 0.1) is 0 Å². The van der Waals surface area contributed by atoms with E-state index in [1.807, 2.05) is 0 Å². The van der Waals surface area contributed by atoms with Crippen molar-refractivity contribution >= 4 is 0 Å². The van der Waals surface area contributed by atoms with Crippen LogP contribution in [0.5, 0.6) is 0 Å². The second-order valence-corrected chi connectivity index (χ2v) is 5.02. The molecule has 3 nitrogen and oxygen atoms in total. The minimum atomic E-state index is 0.656. The maximum atomic E-state index is 4.46. The Bertz CT molecular complexity index is 354. The zero-order valence-electron chi connectivity index (χ0n) is 9.65. The highest BCUT2D eigenvalue weighted by molar-refractivity contribution is 5.18. The first-order valence-electron chi connectivity index (χ1n) is 6.46. The highest BCUT2D eigenvalue weighted by atomic mass is 14.9. The molecule has 3 rings (SSSR count). The van der Waals surface area contributed by atoms with Gasteiger partial charge < -0.3 is 5.32 Å². The summed E-state index contributed by atoms with van der Waals surface area (Å²) < 4.78 is 0. The molecule has 1 aliphatic heterocycles. The molecule has 16 heavy (non-hydrogen) atoms. The van der Waals surface area contributed by atoms with E-state index in [1.165, 1.54) is 43.5 Å². The quantitative estimate of drug-likeness (QED) is 0.825. The number of rotatable bonds is 2. The summed E-state index contributed by atoms with van der Waals surface area (Å²) in [6, 6.07) is 2.26. The van der Waals surface area contributed by atoms with Crippen molar-refractivity contribution in [3.8, 4) is 0 Å². The zero-order valence-corrected chi connectivity index (χ0v) is 9.65. The molecule has 3 heteroatoms. The van der Waals surface area contributed by atoms with Crippen molar-refractivity contribution in [2.75, 3.05) is 13.1 Å². The van der Waals surface area contributed by atoms with Crippen molar-refractivity contribution < 1.29 is 0 Å². The number of nitrogens with one attached hydrogen (secondary N) is 1. The molecule has 2 fully saturated rings. The van der Waals surface area contributed by atoms with Gasteiger partial charge in [0.1, 0.15) is 6.33 Å². The Hall–Kier alpha value is -0.960. The van der Waals surface area contributed by atoms with Crippen LogP contribution in [0.1, 0.15) is 55.3 Å². The highest BCUT2D eigenvalue weighted by Gasteiger charge is 2.23. The molecular formula is C13H19N3. The molecule has 1 saturated carbocycles. The molecule has 0 aromatic carbocycles. The number of hydrogen-bond acceptors (Lipinski definition) is 3. The molecule has 0 spiro atoms. The highest BCUT2D eigenvalue weighted by Crippen LogP contribution is 2.36. The van der Waals surface area contributed by atoms with E-state index in [1.54, 1.807) is 6.33 Å². The first kappa shape index (κ1) is 10.2. The Labute approximate surface area is 96.7 Å². The van der Waals surface area contributed by atoms with Crippen LogP contribution in [0.4, 0.5) is 0 Å². The number of nitrogens with zero attached hydrogens (tertiary/aromatic N) is 2. The van der Waals surface area contributed by atoms with Gasteiger partial charge in [-0.2, -0.15) is 0 Å². The lowest BCUT2D eigenvalue weighted by Gasteiger charge is -2.26. The summed E-state index contributed by atoms with van der Waals surface area (Å²) in [5.74, 6) is 1.38. The molecular weight excluding hydrogens is 198 g/mol. The van der Waals surface area contributed by atoms with Gasteiger partial charge in [-0.05, 0) is 44.8 Å². The van der Waals surface area contributed by atoms with E-state index >= 15 is 0 Å². The number of aromatic nitrogens is 2. The number of hydrogen-bond donors (Lipinski definition) is 1. The van der Waals surface area contributed by atoms with E-state index in [4.69, 9.17) is 0 Å². The van der Waals surface area contributed by atoms with E-state index in [0.717, 1.165) is 19.0 Å². The van der Waals surface area contributed by atoms with Gasteiger partial charge in [0.2, 0.25) is 0 Å². The third-order valence-electron chi connectivity index (χ3n) is 3.99. The summed E-state index contributed by atoms with van der Waals surface area (Å²) in [5.41, 5.74) is 2.56. The van der Waals surface area contributed by atoms with Crippen LogP contribution >= 0.6 is 0 Å². The van der Waals surface area contributed by atoms with Gasteiger partial charge in [-0.3, -0.25) is 0 Å². The fourth-order valence-electron chi connectivity index (χ4n) is 2.66. The lowest BCUT2D eigenvalue weighted by molar-refractivity contribution is 0.407. The molecule has 2 heterocycles. The third-order valence-corrected chi connectivity index (χ3v) is 3.99. The maximum absolute atomic E-state index is 4.46. The van der Waals surface area contributed by atoms with Gasteiger partial charge in [0, 0.05) is 23.2 Å². The van der Waals surface area contributed by atoms with Crippen LogP contribution < -0.4 is 5.32 Å². The SMILES string of the molecule is c1nc(C2CCC2)cc(C2CCNCC2)n1. The van der Waals surface area contributed by atoms with Crippen molar-refractivity contribution in [3.05, 3.63) is 23.8 Å². The van der Waals surface area contributed by atoms with Crippen LogP contribution in [-0.2, 0) is 0 Å². The van der Waals surface area contributed by atoms with Crippen molar-refractivity contribution in [2.45, 2.75) is 43.9 Å². The van der Waals surface area contributed by atoms with Gasteiger partial charge in [-0.25, -0.2) is 9.97 Å². The summed E-state index contributed by atoms with van der Waals surface area (Å²) in [7, 11) is 0. The van der Waals surface area contributed by atoms with E-state index < -0.39 is 0 Å². The normalized spacial score (nSPS) is 23.0. The predicted octanol–water partition coefficient (Wildman–Crippen LogP) is 2.21. The summed E-state index contributed by atoms with van der Waals surface area (Å²) in [5, 5.41) is 3.40. The molecule has 1 aliphatic carbocycles. The standard InChI is InChI=1S/C13H19N3/c1-2-10(3-1)12-8-13(16-9-15-12)11-4-6-14-7-5-11/h8-11,14H,1-7H2. The van der Waals surface area contributed by atoms with Gasteiger partial charge in [-0.15, -0.1) is 0 Å². The van der Waals surface area contributed by atoms with Crippen LogP contribution in [0.25, 0.3) is 0 Å². The molecule has 0 unspecified atom stereocenters. The second kappa shape index (κ2) is 4.50. The molecule has 1 aromatic rings. The lowest BCUT2D eigenvalue weighted by atomic mass is 9.82. The average Bonchev–Trinajstić information content (AvgIpc) is 2.28. The smallest absolute Gasteiger partial charge is 0.115 e. The Morgan fingerprint density at radius 2 is 1.56 bits per heavy atom. The molecule has 0 bridgehead atoms. The van der Waals surface area contributed by atoms with E-state index in [2.05, 4.69) is 21.4 Å². The van der Waals surface area contributed by atoms with Crippen molar-refractivity contribution in [1.29, 1.82) is 0 Å². The van der Waals surface area contributed by atoms with Crippen molar-refractivity contribution in [3.63, 3.8) is 0 Å². The van der Waals surface area contributed by atoms with Crippen LogP contribution in [0.2, 0.25) is 0 Å². The van der Waals surface area contributed by atoms with Gasteiger partial charge in [-0.1, -0.05) is 6.42 Å². The Balaban J connectivity index is 1.77. The predicted molar refractivity (Wildman–Crippen MR) is 63.5 cm³/mol. The fourth-order valence-corrected chi connectivity index (χ4v) is 2.66. The van der Waals surface area contributed by atoms with Gasteiger partial charge in [0.25, 0.3) is 0 Å². The summed E-state index contributed by atoms with van der Waals surface area (Å²) in [4.78, 5) is 8.89. The molecule has 2 aliphatic rings. The first-order valence-corrected chi connectivity index (χ1v) is 6.46. The van der Waals surface area contributed by atoms with Crippen LogP contribution in [-0.4, -0.2) is 23.1 Å². The second-order valence-electron chi connectivity index (χ2n) is 5.02. The third kappa shape index (κ3) is 1.96. The van der Waals surface area contributed by atoms with Crippen LogP contribution in [0, 0.1) is 0 Å². The molecule has 1 N–H and O–H groups in total. The molecule has 0 amide bonds. The summed E-state index contributed by atoms with van der Waals surface area (Å²) in [6.07, 6.45) is 8.23. The first-order chi connectivity index (χ1) is 7.93. The molecule has 1 saturated heterocycles. The Morgan fingerprint density at radius 3 is 2.12 bits per heavy atom. The largest absolute Gasteiger partial charge is 0.317 e. The topological polar surface area (TPSA) is 37.8 Å². The molecule has 0 atom stereocenters. The fraction of sp³-hybridized carbons (Fsp3) is 0.692. The minimum absolute atomic E-state index is 0.656. The molecule has 0 radical (unpaired) electrons. The van der Waals surface area contributed by atoms with E-state index in [-0.39, 0.29) is 0 Å². The minimum Gasteiger partial charge on any atom is -0.317 e. The molecule has 1 aromatic heterocycles. The lowest BCUT2D eigenvalue weighted by Crippen LogP contribution is -2.27. The van der Waals surface area contributed by atoms with Crippen LogP contribution in [0.15, 0.2) is 12.4 Å². The van der Waals surface area contributed by atoms with Crippen molar-refractivity contribution in [1.82, 2.24) is 15.3 Å². The van der Waals surface area contributed by atoms with Crippen LogP contribution in [0.3, 0.4) is 0 Å². The van der Waals surface area contributed by atoms with E-state index in [0.29, 0.717) is 5.92 Å². The zero-order chi connectivity index (χ0) is 10.8. The maximum Gasteiger partial charge on any atom is 0.115 e. The Kier molecular flexibility index (Phi) is 2.87. The van der Waals surface area contributed by atoms with Gasteiger partial charge in [0.15, 0.2) is 0 Å². The Morgan fingerprint density at radius 1 is 0.938 bits per heavy atom. The van der Waals surface area contributed by atoms with Crippen molar-refractivity contribution in [2.24, 2.45) is 0 Å². The van der Waals surface area contributed by atoms with Gasteiger partial charge >= 0.3 is 0 Å². The monoisotopic (exact) mass is 217 g/mol. The van der Waals surface area contributed by atoms with E-state index in [9.17, 15) is 0 Å². The molecule has 86 valence electrons.